The number of amides is 2. The summed E-state index contributed by atoms with van der Waals surface area (Å²) in [6.45, 7) is 6.38. The van der Waals surface area contributed by atoms with Crippen molar-refractivity contribution in [3.8, 4) is 11.3 Å². The van der Waals surface area contributed by atoms with Gasteiger partial charge in [0, 0.05) is 31.7 Å². The summed E-state index contributed by atoms with van der Waals surface area (Å²) in [6, 6.07) is 5.67. The van der Waals surface area contributed by atoms with E-state index in [1.807, 2.05) is 20.8 Å². The number of hydrogen-bond donors (Lipinski definition) is 1. The molecule has 2 amide bonds. The summed E-state index contributed by atoms with van der Waals surface area (Å²) in [6.07, 6.45) is -4.50. The van der Waals surface area contributed by atoms with Gasteiger partial charge in [-0.3, -0.25) is 9.59 Å². The number of aliphatic hydroxyl groups is 1. The molecular weight excluding hydrogens is 494 g/mol. The van der Waals surface area contributed by atoms with Gasteiger partial charge in [0.2, 0.25) is 0 Å². The standard InChI is InChI=1S/C25H27F4N5O3/c1-24(2,3)13-20(35)23(37)33-10-8-32(9-11-33)22(36)19-14-34-21(30-19)17(25(27,28)29)12-18(31-34)15-4-6-16(26)7-5-15/h4-7,12,14,20,35H,8-11,13H2,1-3H3. The number of alkyl halides is 3. The highest BCUT2D eigenvalue weighted by molar-refractivity contribution is 5.93. The van der Waals surface area contributed by atoms with Gasteiger partial charge in [-0.2, -0.15) is 18.3 Å². The Morgan fingerprint density at radius 3 is 2.19 bits per heavy atom. The first-order valence-electron chi connectivity index (χ1n) is 11.7. The van der Waals surface area contributed by atoms with Crippen LogP contribution >= 0.6 is 0 Å². The summed E-state index contributed by atoms with van der Waals surface area (Å²) in [4.78, 5) is 32.4. The third kappa shape index (κ3) is 5.90. The van der Waals surface area contributed by atoms with Crippen molar-refractivity contribution < 1.29 is 32.3 Å². The second-order valence-electron chi connectivity index (χ2n) is 10.2. The fourth-order valence-electron chi connectivity index (χ4n) is 4.22. The number of fused-ring (bicyclic) bond motifs is 1. The third-order valence-electron chi connectivity index (χ3n) is 6.06. The molecule has 3 heterocycles. The first-order valence-corrected chi connectivity index (χ1v) is 11.7. The van der Waals surface area contributed by atoms with Crippen LogP contribution < -0.4 is 0 Å². The van der Waals surface area contributed by atoms with Gasteiger partial charge in [-0.05, 0) is 42.2 Å². The van der Waals surface area contributed by atoms with E-state index in [4.69, 9.17) is 0 Å². The zero-order valence-corrected chi connectivity index (χ0v) is 20.6. The van der Waals surface area contributed by atoms with Crippen molar-refractivity contribution in [2.24, 2.45) is 5.41 Å². The first kappa shape index (κ1) is 26.5. The minimum Gasteiger partial charge on any atom is -0.383 e. The van der Waals surface area contributed by atoms with E-state index in [9.17, 15) is 32.3 Å². The van der Waals surface area contributed by atoms with E-state index in [0.29, 0.717) is 6.42 Å². The average molecular weight is 522 g/mol. The van der Waals surface area contributed by atoms with E-state index in [1.165, 1.54) is 21.9 Å². The molecule has 2 aromatic heterocycles. The highest BCUT2D eigenvalue weighted by Crippen LogP contribution is 2.34. The van der Waals surface area contributed by atoms with Gasteiger partial charge in [0.05, 0.1) is 11.9 Å². The van der Waals surface area contributed by atoms with Crippen LogP contribution in [0.2, 0.25) is 0 Å². The number of hydrogen-bond acceptors (Lipinski definition) is 5. The highest BCUT2D eigenvalue weighted by atomic mass is 19.4. The molecule has 0 aliphatic carbocycles. The van der Waals surface area contributed by atoms with E-state index in [0.717, 1.165) is 28.9 Å². The van der Waals surface area contributed by atoms with Gasteiger partial charge in [0.1, 0.15) is 23.2 Å². The second-order valence-corrected chi connectivity index (χ2v) is 10.2. The van der Waals surface area contributed by atoms with Gasteiger partial charge in [-0.15, -0.1) is 0 Å². The van der Waals surface area contributed by atoms with Crippen molar-refractivity contribution in [3.05, 3.63) is 53.6 Å². The molecule has 1 N–H and O–H groups in total. The predicted octanol–water partition coefficient (Wildman–Crippen LogP) is 3.64. The molecule has 4 rings (SSSR count). The van der Waals surface area contributed by atoms with Crippen LogP contribution in [0.5, 0.6) is 0 Å². The zero-order valence-electron chi connectivity index (χ0n) is 20.6. The van der Waals surface area contributed by atoms with Gasteiger partial charge in [-0.25, -0.2) is 13.9 Å². The molecule has 37 heavy (non-hydrogen) atoms. The Bertz CT molecular complexity index is 1310. The predicted molar refractivity (Wildman–Crippen MR) is 126 cm³/mol. The third-order valence-corrected chi connectivity index (χ3v) is 6.06. The summed E-state index contributed by atoms with van der Waals surface area (Å²) < 4.78 is 55.7. The van der Waals surface area contributed by atoms with Crippen LogP contribution in [-0.2, 0) is 11.0 Å². The lowest BCUT2D eigenvalue weighted by Gasteiger charge is -2.36. The Morgan fingerprint density at radius 2 is 1.62 bits per heavy atom. The molecule has 1 fully saturated rings. The van der Waals surface area contributed by atoms with E-state index in [-0.39, 0.29) is 48.5 Å². The molecule has 3 aromatic rings. The van der Waals surface area contributed by atoms with Crippen molar-refractivity contribution >= 4 is 17.5 Å². The lowest BCUT2D eigenvalue weighted by atomic mass is 9.89. The van der Waals surface area contributed by atoms with Crippen molar-refractivity contribution in [2.75, 3.05) is 26.2 Å². The number of benzene rings is 1. The molecule has 1 unspecified atom stereocenters. The number of imidazole rings is 1. The quantitative estimate of drug-likeness (QED) is 0.530. The number of carbonyl (C=O) groups excluding carboxylic acids is 2. The number of halogens is 4. The van der Waals surface area contributed by atoms with Gasteiger partial charge in [-0.1, -0.05) is 20.8 Å². The summed E-state index contributed by atoms with van der Waals surface area (Å²) in [5.41, 5.74) is -1.86. The van der Waals surface area contributed by atoms with Crippen molar-refractivity contribution in [2.45, 2.75) is 39.5 Å². The van der Waals surface area contributed by atoms with Gasteiger partial charge >= 0.3 is 6.18 Å². The highest BCUT2D eigenvalue weighted by Gasteiger charge is 2.36. The molecular formula is C25H27F4N5O3. The average Bonchev–Trinajstić information content (AvgIpc) is 3.25. The molecule has 1 aliphatic heterocycles. The lowest BCUT2D eigenvalue weighted by molar-refractivity contribution is -0.143. The maximum atomic E-state index is 13.8. The Hall–Kier alpha value is -3.54. The summed E-state index contributed by atoms with van der Waals surface area (Å²) in [5.74, 6) is -1.55. The largest absolute Gasteiger partial charge is 0.420 e. The molecule has 12 heteroatoms. The number of piperazine rings is 1. The molecule has 0 bridgehead atoms. The summed E-state index contributed by atoms with van der Waals surface area (Å²) in [5, 5.41) is 14.4. The van der Waals surface area contributed by atoms with Crippen LogP contribution in [0.4, 0.5) is 17.6 Å². The Balaban J connectivity index is 1.55. The second kappa shape index (κ2) is 9.73. The molecule has 1 atom stereocenters. The molecule has 0 spiro atoms. The van der Waals surface area contributed by atoms with E-state index < -0.39 is 41.1 Å². The lowest BCUT2D eigenvalue weighted by Crippen LogP contribution is -2.53. The number of aromatic nitrogens is 3. The maximum Gasteiger partial charge on any atom is 0.420 e. The Labute approximate surface area is 210 Å². The summed E-state index contributed by atoms with van der Waals surface area (Å²) in [7, 11) is 0. The number of rotatable bonds is 4. The maximum absolute atomic E-state index is 13.8. The molecule has 1 aliphatic rings. The number of nitrogens with zero attached hydrogens (tertiary/aromatic N) is 5. The Kier molecular flexibility index (Phi) is 6.97. The molecule has 1 aromatic carbocycles. The number of carbonyl (C=O) groups is 2. The van der Waals surface area contributed by atoms with Crippen LogP contribution in [0.25, 0.3) is 16.9 Å². The summed E-state index contributed by atoms with van der Waals surface area (Å²) >= 11 is 0. The van der Waals surface area contributed by atoms with E-state index in [1.54, 1.807) is 0 Å². The van der Waals surface area contributed by atoms with Gasteiger partial charge < -0.3 is 14.9 Å². The van der Waals surface area contributed by atoms with Crippen LogP contribution in [0.1, 0.15) is 43.2 Å². The fraction of sp³-hybridized carbons (Fsp3) is 0.440. The van der Waals surface area contributed by atoms with Crippen molar-refractivity contribution in [1.82, 2.24) is 24.4 Å². The molecule has 198 valence electrons. The van der Waals surface area contributed by atoms with E-state index >= 15 is 0 Å². The first-order chi connectivity index (χ1) is 17.2. The normalized spacial score (nSPS) is 15.8. The van der Waals surface area contributed by atoms with Crippen LogP contribution in [0.3, 0.4) is 0 Å². The van der Waals surface area contributed by atoms with Crippen LogP contribution in [-0.4, -0.2) is 73.6 Å². The molecule has 1 saturated heterocycles. The van der Waals surface area contributed by atoms with Crippen molar-refractivity contribution in [3.63, 3.8) is 0 Å². The van der Waals surface area contributed by atoms with Gasteiger partial charge in [0.15, 0.2) is 5.65 Å². The zero-order chi connectivity index (χ0) is 27.1. The minimum atomic E-state index is -4.77. The Morgan fingerprint density at radius 1 is 1.03 bits per heavy atom. The number of aliphatic hydroxyl groups excluding tert-OH is 1. The van der Waals surface area contributed by atoms with Crippen LogP contribution in [0, 0.1) is 11.2 Å². The van der Waals surface area contributed by atoms with Gasteiger partial charge in [0.25, 0.3) is 11.8 Å². The monoisotopic (exact) mass is 521 g/mol. The SMILES string of the molecule is CC(C)(C)CC(O)C(=O)N1CCN(C(=O)c2cn3nc(-c4ccc(F)cc4)cc(C(F)(F)F)c3n2)CC1. The van der Waals surface area contributed by atoms with E-state index in [2.05, 4.69) is 10.1 Å². The molecule has 0 saturated carbocycles. The fourth-order valence-corrected chi connectivity index (χ4v) is 4.22. The molecule has 8 nitrogen and oxygen atoms in total. The topological polar surface area (TPSA) is 91.0 Å². The van der Waals surface area contributed by atoms with Crippen LogP contribution in [0.15, 0.2) is 36.5 Å². The molecule has 0 radical (unpaired) electrons. The smallest absolute Gasteiger partial charge is 0.383 e. The minimum absolute atomic E-state index is 0.0582. The van der Waals surface area contributed by atoms with Crippen molar-refractivity contribution in [1.29, 1.82) is 0 Å².